The Labute approximate surface area is 93.1 Å². The van der Waals surface area contributed by atoms with E-state index in [2.05, 4.69) is 23.5 Å². The smallest absolute Gasteiger partial charge is 0.409 e. The van der Waals surface area contributed by atoms with Crippen molar-refractivity contribution in [3.8, 4) is 0 Å². The van der Waals surface area contributed by atoms with E-state index in [1.807, 2.05) is 0 Å². The number of hydrogen-bond acceptors (Lipinski definition) is 3. The standard InChI is InChI=1S/C9H8N2O3.C2H4/c12-6-10-5-7-2-1-3-8(4-7)11-9(13)14;1-2/h1-4,11H,5H2,(H,13,14);1-2H2. The molecule has 84 valence electrons. The van der Waals surface area contributed by atoms with Crippen LogP contribution in [0.4, 0.5) is 10.5 Å². The molecule has 0 saturated carbocycles. The fourth-order valence-corrected chi connectivity index (χ4v) is 0.994. The minimum atomic E-state index is -1.12. The first-order valence-corrected chi connectivity index (χ1v) is 4.35. The quantitative estimate of drug-likeness (QED) is 0.466. The maximum absolute atomic E-state index is 10.3. The number of isocyanates is 1. The van der Waals surface area contributed by atoms with Crippen molar-refractivity contribution in [2.24, 2.45) is 4.99 Å². The summed E-state index contributed by atoms with van der Waals surface area (Å²) in [5.41, 5.74) is 1.20. The summed E-state index contributed by atoms with van der Waals surface area (Å²) >= 11 is 0. The maximum Gasteiger partial charge on any atom is 0.409 e. The number of anilines is 1. The van der Waals surface area contributed by atoms with E-state index in [1.54, 1.807) is 24.3 Å². The van der Waals surface area contributed by atoms with E-state index in [9.17, 15) is 9.59 Å². The highest BCUT2D eigenvalue weighted by molar-refractivity contribution is 5.82. The Bertz CT molecular complexity index is 379. The van der Waals surface area contributed by atoms with Crippen molar-refractivity contribution >= 4 is 17.9 Å². The Kier molecular flexibility index (Phi) is 6.77. The molecule has 0 spiro atoms. The van der Waals surface area contributed by atoms with Gasteiger partial charge in [0.15, 0.2) is 0 Å². The summed E-state index contributed by atoms with van der Waals surface area (Å²) in [4.78, 5) is 23.5. The van der Waals surface area contributed by atoms with Crippen LogP contribution in [0.1, 0.15) is 5.56 Å². The maximum atomic E-state index is 10.3. The zero-order chi connectivity index (χ0) is 12.4. The Morgan fingerprint density at radius 1 is 1.50 bits per heavy atom. The molecule has 0 fully saturated rings. The van der Waals surface area contributed by atoms with Gasteiger partial charge in [-0.15, -0.1) is 13.2 Å². The fourth-order valence-electron chi connectivity index (χ4n) is 0.994. The number of amides is 1. The van der Waals surface area contributed by atoms with E-state index < -0.39 is 6.09 Å². The third-order valence-electron chi connectivity index (χ3n) is 1.50. The molecule has 5 heteroatoms. The van der Waals surface area contributed by atoms with Gasteiger partial charge < -0.3 is 5.11 Å². The second kappa shape index (κ2) is 7.96. The van der Waals surface area contributed by atoms with E-state index in [-0.39, 0.29) is 6.54 Å². The highest BCUT2D eigenvalue weighted by atomic mass is 16.4. The molecule has 1 aromatic carbocycles. The predicted molar refractivity (Wildman–Crippen MR) is 61.2 cm³/mol. The van der Waals surface area contributed by atoms with Crippen LogP contribution < -0.4 is 5.32 Å². The molecular formula is C11H12N2O3. The number of rotatable bonds is 3. The van der Waals surface area contributed by atoms with E-state index in [4.69, 9.17) is 5.11 Å². The first-order chi connectivity index (χ1) is 7.72. The zero-order valence-electron chi connectivity index (χ0n) is 8.64. The van der Waals surface area contributed by atoms with Crippen LogP contribution in [-0.4, -0.2) is 17.3 Å². The monoisotopic (exact) mass is 220 g/mol. The van der Waals surface area contributed by atoms with E-state index in [0.717, 1.165) is 5.56 Å². The Morgan fingerprint density at radius 3 is 2.75 bits per heavy atom. The third kappa shape index (κ3) is 5.36. The topological polar surface area (TPSA) is 78.8 Å². The number of nitrogens with zero attached hydrogens (tertiary/aromatic N) is 1. The van der Waals surface area contributed by atoms with Crippen molar-refractivity contribution in [1.82, 2.24) is 0 Å². The highest BCUT2D eigenvalue weighted by Gasteiger charge is 1.98. The lowest BCUT2D eigenvalue weighted by Crippen LogP contribution is -2.07. The number of benzene rings is 1. The van der Waals surface area contributed by atoms with Crippen LogP contribution in [0, 0.1) is 0 Å². The lowest BCUT2D eigenvalue weighted by atomic mass is 10.2. The molecule has 0 atom stereocenters. The molecule has 0 aliphatic carbocycles. The second-order valence-electron chi connectivity index (χ2n) is 2.54. The van der Waals surface area contributed by atoms with Crippen molar-refractivity contribution in [2.75, 3.05) is 5.32 Å². The molecule has 1 aromatic rings. The molecule has 1 rings (SSSR count). The van der Waals surface area contributed by atoms with Gasteiger partial charge in [-0.2, -0.15) is 0 Å². The summed E-state index contributed by atoms with van der Waals surface area (Å²) < 4.78 is 0. The van der Waals surface area contributed by atoms with Gasteiger partial charge in [-0.05, 0) is 17.7 Å². The van der Waals surface area contributed by atoms with Crippen LogP contribution in [0.15, 0.2) is 42.4 Å². The minimum absolute atomic E-state index is 0.207. The lowest BCUT2D eigenvalue weighted by Gasteiger charge is -2.01. The van der Waals surface area contributed by atoms with Crippen molar-refractivity contribution in [2.45, 2.75) is 6.54 Å². The Morgan fingerprint density at radius 2 is 2.19 bits per heavy atom. The molecule has 0 aromatic heterocycles. The summed E-state index contributed by atoms with van der Waals surface area (Å²) in [6, 6.07) is 6.64. The van der Waals surface area contributed by atoms with Gasteiger partial charge in [-0.25, -0.2) is 14.6 Å². The molecule has 0 aliphatic rings. The Hall–Kier alpha value is -2.39. The molecule has 2 N–H and O–H groups in total. The minimum Gasteiger partial charge on any atom is -0.465 e. The second-order valence-corrected chi connectivity index (χ2v) is 2.54. The van der Waals surface area contributed by atoms with Gasteiger partial charge in [0.2, 0.25) is 6.08 Å². The molecular weight excluding hydrogens is 208 g/mol. The van der Waals surface area contributed by atoms with Crippen LogP contribution in [0.3, 0.4) is 0 Å². The van der Waals surface area contributed by atoms with E-state index in [1.165, 1.54) is 6.08 Å². The number of carbonyl (C=O) groups excluding carboxylic acids is 1. The fraction of sp³-hybridized carbons (Fsp3) is 0.0909. The molecule has 0 heterocycles. The number of carboxylic acid groups (broad SMARTS) is 1. The molecule has 0 bridgehead atoms. The van der Waals surface area contributed by atoms with Gasteiger partial charge in [0.1, 0.15) is 0 Å². The van der Waals surface area contributed by atoms with Crippen LogP contribution in [0.25, 0.3) is 0 Å². The van der Waals surface area contributed by atoms with E-state index >= 15 is 0 Å². The highest BCUT2D eigenvalue weighted by Crippen LogP contribution is 2.10. The molecule has 0 saturated heterocycles. The molecule has 16 heavy (non-hydrogen) atoms. The summed E-state index contributed by atoms with van der Waals surface area (Å²) in [6.45, 7) is 6.21. The van der Waals surface area contributed by atoms with Gasteiger partial charge in [0, 0.05) is 5.69 Å². The van der Waals surface area contributed by atoms with Crippen molar-refractivity contribution in [3.05, 3.63) is 43.0 Å². The van der Waals surface area contributed by atoms with Crippen molar-refractivity contribution in [3.63, 3.8) is 0 Å². The molecule has 5 nitrogen and oxygen atoms in total. The first kappa shape index (κ1) is 13.6. The average molecular weight is 220 g/mol. The van der Waals surface area contributed by atoms with Crippen molar-refractivity contribution < 1.29 is 14.7 Å². The number of aliphatic imine (C=N–C) groups is 1. The van der Waals surface area contributed by atoms with Crippen LogP contribution in [-0.2, 0) is 11.3 Å². The summed E-state index contributed by atoms with van der Waals surface area (Å²) in [6.07, 6.45) is 0.291. The summed E-state index contributed by atoms with van der Waals surface area (Å²) in [7, 11) is 0. The molecule has 0 radical (unpaired) electrons. The zero-order valence-corrected chi connectivity index (χ0v) is 8.64. The Balaban J connectivity index is 0.00000106. The molecule has 0 unspecified atom stereocenters. The van der Waals surface area contributed by atoms with Gasteiger partial charge >= 0.3 is 6.09 Å². The van der Waals surface area contributed by atoms with Crippen LogP contribution in [0.5, 0.6) is 0 Å². The van der Waals surface area contributed by atoms with Crippen molar-refractivity contribution in [1.29, 1.82) is 0 Å². The van der Waals surface area contributed by atoms with E-state index in [0.29, 0.717) is 5.69 Å². The normalized spacial score (nSPS) is 8.00. The predicted octanol–water partition coefficient (Wildman–Crippen LogP) is 2.41. The van der Waals surface area contributed by atoms with Gasteiger partial charge in [-0.3, -0.25) is 5.32 Å². The summed E-state index contributed by atoms with van der Waals surface area (Å²) in [5.74, 6) is 0. The number of carbonyl (C=O) groups is 1. The summed E-state index contributed by atoms with van der Waals surface area (Å²) in [5, 5.41) is 10.6. The average Bonchev–Trinajstić information content (AvgIpc) is 2.29. The van der Waals surface area contributed by atoms with Gasteiger partial charge in [-0.1, -0.05) is 12.1 Å². The van der Waals surface area contributed by atoms with Crippen LogP contribution >= 0.6 is 0 Å². The largest absolute Gasteiger partial charge is 0.465 e. The number of nitrogens with one attached hydrogen (secondary N) is 1. The first-order valence-electron chi connectivity index (χ1n) is 4.35. The van der Waals surface area contributed by atoms with Gasteiger partial charge in [0.25, 0.3) is 0 Å². The molecule has 1 amide bonds. The molecule has 0 aliphatic heterocycles. The van der Waals surface area contributed by atoms with Gasteiger partial charge in [0.05, 0.1) is 6.54 Å². The number of hydrogen-bond donors (Lipinski definition) is 2. The lowest BCUT2D eigenvalue weighted by molar-refractivity contribution is 0.210. The SMILES string of the molecule is C=C.O=C=NCc1cccc(NC(=O)O)c1. The van der Waals surface area contributed by atoms with Crippen LogP contribution in [0.2, 0.25) is 0 Å². The third-order valence-corrected chi connectivity index (χ3v) is 1.50.